The Morgan fingerprint density at radius 1 is 1.05 bits per heavy atom. The van der Waals surface area contributed by atoms with E-state index >= 15 is 0 Å². The molecule has 3 N–H and O–H groups in total. The number of benzene rings is 2. The van der Waals surface area contributed by atoms with Crippen LogP contribution < -0.4 is 10.5 Å². The van der Waals surface area contributed by atoms with Gasteiger partial charge in [0, 0.05) is 12.2 Å². The number of sulfonamides is 1. The zero-order chi connectivity index (χ0) is 14.8. The molecule has 0 amide bonds. The van der Waals surface area contributed by atoms with Crippen LogP contribution in [0.2, 0.25) is 0 Å². The van der Waals surface area contributed by atoms with Crippen LogP contribution in [-0.2, 0) is 16.6 Å². The largest absolute Gasteiger partial charge is 0.381 e. The normalized spacial score (nSPS) is 11.3. The molecule has 0 heterocycles. The maximum Gasteiger partial charge on any atom is 0.238 e. The molecule has 0 radical (unpaired) electrons. The summed E-state index contributed by atoms with van der Waals surface area (Å²) in [5.41, 5.74) is 4.55. The summed E-state index contributed by atoms with van der Waals surface area (Å²) in [6.45, 7) is 4.84. The lowest BCUT2D eigenvalue weighted by molar-refractivity contribution is 0.598. The third-order valence-electron chi connectivity index (χ3n) is 3.16. The lowest BCUT2D eigenvalue weighted by Crippen LogP contribution is -2.12. The molecule has 2 aromatic rings. The van der Waals surface area contributed by atoms with Crippen LogP contribution in [0, 0.1) is 13.8 Å². The van der Waals surface area contributed by atoms with Gasteiger partial charge in [-0.2, -0.15) is 0 Å². The number of nitrogens with one attached hydrogen (secondary N) is 1. The molecule has 4 nitrogen and oxygen atoms in total. The number of primary sulfonamides is 1. The highest BCUT2D eigenvalue weighted by Gasteiger charge is 2.06. The molecular weight excluding hydrogens is 272 g/mol. The van der Waals surface area contributed by atoms with Crippen LogP contribution in [0.25, 0.3) is 0 Å². The van der Waals surface area contributed by atoms with Crippen LogP contribution in [0.3, 0.4) is 0 Å². The van der Waals surface area contributed by atoms with Crippen molar-refractivity contribution in [3.8, 4) is 0 Å². The lowest BCUT2D eigenvalue weighted by Gasteiger charge is -2.10. The van der Waals surface area contributed by atoms with Crippen LogP contribution >= 0.6 is 0 Å². The Labute approximate surface area is 119 Å². The van der Waals surface area contributed by atoms with Crippen LogP contribution in [0.15, 0.2) is 47.4 Å². The molecule has 0 aliphatic carbocycles. The predicted molar refractivity (Wildman–Crippen MR) is 81.1 cm³/mol. The summed E-state index contributed by atoms with van der Waals surface area (Å²) >= 11 is 0. The standard InChI is InChI=1S/C15H18N2O2S/c1-11-3-4-13(12(2)9-11)10-17-14-5-7-15(8-6-14)20(16,18)19/h3-9,17H,10H2,1-2H3,(H2,16,18,19). The third-order valence-corrected chi connectivity index (χ3v) is 4.09. The summed E-state index contributed by atoms with van der Waals surface area (Å²) in [6, 6.07) is 12.7. The predicted octanol–water partition coefficient (Wildman–Crippen LogP) is 2.56. The number of rotatable bonds is 4. The van der Waals surface area contributed by atoms with E-state index in [1.165, 1.54) is 28.8 Å². The number of aryl methyl sites for hydroxylation is 2. The summed E-state index contributed by atoms with van der Waals surface area (Å²) < 4.78 is 22.3. The molecule has 0 fully saturated rings. The smallest absolute Gasteiger partial charge is 0.238 e. The minimum absolute atomic E-state index is 0.120. The zero-order valence-electron chi connectivity index (χ0n) is 11.6. The summed E-state index contributed by atoms with van der Waals surface area (Å²) in [6.07, 6.45) is 0. The van der Waals surface area contributed by atoms with Gasteiger partial charge < -0.3 is 5.32 Å². The topological polar surface area (TPSA) is 72.2 Å². The van der Waals surface area contributed by atoms with Crippen molar-refractivity contribution in [1.82, 2.24) is 0 Å². The van der Waals surface area contributed by atoms with Crippen LogP contribution in [0.4, 0.5) is 5.69 Å². The van der Waals surface area contributed by atoms with Crippen molar-refractivity contribution in [1.29, 1.82) is 0 Å². The average molecular weight is 290 g/mol. The number of hydrogen-bond acceptors (Lipinski definition) is 3. The van der Waals surface area contributed by atoms with E-state index in [1.807, 2.05) is 0 Å². The van der Waals surface area contributed by atoms with E-state index < -0.39 is 10.0 Å². The van der Waals surface area contributed by atoms with Crippen molar-refractivity contribution in [2.75, 3.05) is 5.32 Å². The van der Waals surface area contributed by atoms with Gasteiger partial charge >= 0.3 is 0 Å². The van der Waals surface area contributed by atoms with Gasteiger partial charge in [0.1, 0.15) is 0 Å². The SMILES string of the molecule is Cc1ccc(CNc2ccc(S(N)(=O)=O)cc2)c(C)c1. The molecule has 0 aliphatic rings. The van der Waals surface area contributed by atoms with E-state index in [4.69, 9.17) is 5.14 Å². The Balaban J connectivity index is 2.08. The summed E-state index contributed by atoms with van der Waals surface area (Å²) in [5, 5.41) is 8.32. The van der Waals surface area contributed by atoms with Crippen LogP contribution in [0.5, 0.6) is 0 Å². The fourth-order valence-electron chi connectivity index (χ4n) is 2.00. The Morgan fingerprint density at radius 3 is 2.25 bits per heavy atom. The van der Waals surface area contributed by atoms with Gasteiger partial charge in [-0.15, -0.1) is 0 Å². The first kappa shape index (κ1) is 14.6. The molecule has 2 rings (SSSR count). The zero-order valence-corrected chi connectivity index (χ0v) is 12.4. The maximum atomic E-state index is 11.2. The number of nitrogens with two attached hydrogens (primary N) is 1. The van der Waals surface area contributed by atoms with Crippen molar-refractivity contribution in [3.63, 3.8) is 0 Å². The monoisotopic (exact) mass is 290 g/mol. The Hall–Kier alpha value is -1.85. The molecule has 0 unspecified atom stereocenters. The average Bonchev–Trinajstić information content (AvgIpc) is 2.37. The van der Waals surface area contributed by atoms with Crippen molar-refractivity contribution < 1.29 is 8.42 Å². The molecule has 0 saturated carbocycles. The molecule has 2 aromatic carbocycles. The van der Waals surface area contributed by atoms with Gasteiger partial charge in [0.2, 0.25) is 10.0 Å². The Morgan fingerprint density at radius 2 is 1.70 bits per heavy atom. The van der Waals surface area contributed by atoms with Gasteiger partial charge in [-0.1, -0.05) is 23.8 Å². The van der Waals surface area contributed by atoms with Gasteiger partial charge in [-0.05, 0) is 49.2 Å². The molecule has 0 saturated heterocycles. The molecule has 0 spiro atoms. The Kier molecular flexibility index (Phi) is 4.11. The molecule has 20 heavy (non-hydrogen) atoms. The quantitative estimate of drug-likeness (QED) is 0.909. The summed E-state index contributed by atoms with van der Waals surface area (Å²) in [5.74, 6) is 0. The number of anilines is 1. The number of hydrogen-bond donors (Lipinski definition) is 2. The van der Waals surface area contributed by atoms with Crippen LogP contribution in [-0.4, -0.2) is 8.42 Å². The van der Waals surface area contributed by atoms with Crippen molar-refractivity contribution in [2.24, 2.45) is 5.14 Å². The highest BCUT2D eigenvalue weighted by Crippen LogP contribution is 2.16. The molecule has 0 aromatic heterocycles. The fraction of sp³-hybridized carbons (Fsp3) is 0.200. The van der Waals surface area contributed by atoms with E-state index in [1.54, 1.807) is 12.1 Å². The minimum Gasteiger partial charge on any atom is -0.381 e. The van der Waals surface area contributed by atoms with E-state index in [0.29, 0.717) is 6.54 Å². The first-order valence-corrected chi connectivity index (χ1v) is 7.84. The van der Waals surface area contributed by atoms with E-state index in [2.05, 4.69) is 37.4 Å². The highest BCUT2D eigenvalue weighted by atomic mass is 32.2. The van der Waals surface area contributed by atoms with Gasteiger partial charge in [0.05, 0.1) is 4.90 Å². The third kappa shape index (κ3) is 3.59. The molecule has 0 aliphatic heterocycles. The first-order valence-electron chi connectivity index (χ1n) is 6.29. The van der Waals surface area contributed by atoms with Gasteiger partial charge in [-0.3, -0.25) is 0 Å². The maximum absolute atomic E-state index is 11.2. The molecule has 106 valence electrons. The molecule has 5 heteroatoms. The van der Waals surface area contributed by atoms with Crippen molar-refractivity contribution in [3.05, 3.63) is 59.2 Å². The second kappa shape index (κ2) is 5.64. The molecular formula is C15H18N2O2S. The lowest BCUT2D eigenvalue weighted by atomic mass is 10.1. The summed E-state index contributed by atoms with van der Waals surface area (Å²) in [7, 11) is -3.63. The minimum atomic E-state index is -3.63. The molecule has 0 bridgehead atoms. The van der Waals surface area contributed by atoms with Crippen LogP contribution in [0.1, 0.15) is 16.7 Å². The van der Waals surface area contributed by atoms with Crippen molar-refractivity contribution in [2.45, 2.75) is 25.3 Å². The summed E-state index contributed by atoms with van der Waals surface area (Å²) in [4.78, 5) is 0.120. The van der Waals surface area contributed by atoms with Crippen molar-refractivity contribution >= 4 is 15.7 Å². The second-order valence-electron chi connectivity index (χ2n) is 4.85. The van der Waals surface area contributed by atoms with E-state index in [-0.39, 0.29) is 4.90 Å². The van der Waals surface area contributed by atoms with Gasteiger partial charge in [0.25, 0.3) is 0 Å². The molecule has 0 atom stereocenters. The Bertz CT molecular complexity index is 707. The highest BCUT2D eigenvalue weighted by molar-refractivity contribution is 7.89. The first-order chi connectivity index (χ1) is 9.36. The second-order valence-corrected chi connectivity index (χ2v) is 6.41. The van der Waals surface area contributed by atoms with E-state index in [0.717, 1.165) is 5.69 Å². The fourth-order valence-corrected chi connectivity index (χ4v) is 2.52. The van der Waals surface area contributed by atoms with Gasteiger partial charge in [0.15, 0.2) is 0 Å². The van der Waals surface area contributed by atoms with Gasteiger partial charge in [-0.25, -0.2) is 13.6 Å². The van der Waals surface area contributed by atoms with E-state index in [9.17, 15) is 8.42 Å².